The van der Waals surface area contributed by atoms with Crippen LogP contribution in [0, 0.1) is 17.0 Å². The van der Waals surface area contributed by atoms with E-state index in [-0.39, 0.29) is 17.1 Å². The third-order valence-electron chi connectivity index (χ3n) is 2.90. The molecule has 2 rings (SSSR count). The Labute approximate surface area is 120 Å². The first-order valence-corrected chi connectivity index (χ1v) is 6.07. The van der Waals surface area contributed by atoms with Gasteiger partial charge in [0.05, 0.1) is 19.1 Å². The molecule has 0 amide bonds. The monoisotopic (exact) mass is 290 g/mol. The molecule has 0 fully saturated rings. The molecule has 0 saturated heterocycles. The van der Waals surface area contributed by atoms with Crippen LogP contribution in [0.3, 0.4) is 0 Å². The number of nitrogens with zero attached hydrogens (tertiary/aromatic N) is 2. The van der Waals surface area contributed by atoms with Gasteiger partial charge in [0.15, 0.2) is 5.69 Å². The molecular weight excluding hydrogens is 276 g/mol. The Bertz CT molecular complexity index is 691. The SMILES string of the molecule is COc1ccc(C=Cc2noc(C)c2[N+](=O)[O-])c(OC)c1. The summed E-state index contributed by atoms with van der Waals surface area (Å²) >= 11 is 0. The predicted octanol–water partition coefficient (Wildman–Crippen LogP) is 3.08. The average Bonchev–Trinajstić information content (AvgIpc) is 2.85. The Morgan fingerprint density at radius 1 is 1.29 bits per heavy atom. The Hall–Kier alpha value is -2.83. The van der Waals surface area contributed by atoms with Gasteiger partial charge < -0.3 is 14.0 Å². The quantitative estimate of drug-likeness (QED) is 0.621. The number of benzene rings is 1. The van der Waals surface area contributed by atoms with E-state index in [1.54, 1.807) is 31.4 Å². The number of aryl methyl sites for hydroxylation is 1. The van der Waals surface area contributed by atoms with E-state index in [4.69, 9.17) is 14.0 Å². The van der Waals surface area contributed by atoms with Crippen LogP contribution in [0.5, 0.6) is 11.5 Å². The number of nitro groups is 1. The van der Waals surface area contributed by atoms with Crippen molar-refractivity contribution in [3.63, 3.8) is 0 Å². The van der Waals surface area contributed by atoms with E-state index in [1.165, 1.54) is 20.1 Å². The van der Waals surface area contributed by atoms with Crippen molar-refractivity contribution < 1.29 is 18.9 Å². The molecule has 1 heterocycles. The zero-order chi connectivity index (χ0) is 15.4. The van der Waals surface area contributed by atoms with Crippen molar-refractivity contribution in [3.05, 3.63) is 45.3 Å². The second-order valence-corrected chi connectivity index (χ2v) is 4.17. The highest BCUT2D eigenvalue weighted by atomic mass is 16.6. The highest BCUT2D eigenvalue weighted by molar-refractivity contribution is 5.75. The summed E-state index contributed by atoms with van der Waals surface area (Å²) in [5.74, 6) is 1.42. The fourth-order valence-corrected chi connectivity index (χ4v) is 1.84. The number of aromatic nitrogens is 1. The van der Waals surface area contributed by atoms with Gasteiger partial charge >= 0.3 is 5.69 Å². The number of hydrogen-bond donors (Lipinski definition) is 0. The van der Waals surface area contributed by atoms with Gasteiger partial charge in [-0.15, -0.1) is 0 Å². The van der Waals surface area contributed by atoms with Gasteiger partial charge in [-0.3, -0.25) is 10.1 Å². The summed E-state index contributed by atoms with van der Waals surface area (Å²) < 4.78 is 15.2. The van der Waals surface area contributed by atoms with E-state index in [0.29, 0.717) is 11.5 Å². The van der Waals surface area contributed by atoms with E-state index < -0.39 is 4.92 Å². The van der Waals surface area contributed by atoms with Crippen LogP contribution in [-0.2, 0) is 0 Å². The zero-order valence-corrected chi connectivity index (χ0v) is 11.8. The second-order valence-electron chi connectivity index (χ2n) is 4.17. The lowest BCUT2D eigenvalue weighted by atomic mass is 10.1. The molecule has 110 valence electrons. The summed E-state index contributed by atoms with van der Waals surface area (Å²) in [5, 5.41) is 14.6. The lowest BCUT2D eigenvalue weighted by Gasteiger charge is -2.06. The van der Waals surface area contributed by atoms with E-state index in [2.05, 4.69) is 5.16 Å². The number of hydrogen-bond acceptors (Lipinski definition) is 6. The summed E-state index contributed by atoms with van der Waals surface area (Å²) in [6, 6.07) is 5.28. The highest BCUT2D eigenvalue weighted by Gasteiger charge is 2.21. The third-order valence-corrected chi connectivity index (χ3v) is 2.90. The molecule has 0 N–H and O–H groups in total. The minimum atomic E-state index is -0.517. The summed E-state index contributed by atoms with van der Waals surface area (Å²) in [6.07, 6.45) is 3.18. The molecular formula is C14H14N2O5. The smallest absolute Gasteiger partial charge is 0.338 e. The van der Waals surface area contributed by atoms with Gasteiger partial charge in [-0.1, -0.05) is 5.16 Å². The predicted molar refractivity (Wildman–Crippen MR) is 76.4 cm³/mol. The van der Waals surface area contributed by atoms with E-state index in [1.807, 2.05) is 0 Å². The first-order chi connectivity index (χ1) is 10.1. The van der Waals surface area contributed by atoms with E-state index in [9.17, 15) is 10.1 Å². The molecule has 7 nitrogen and oxygen atoms in total. The van der Waals surface area contributed by atoms with Crippen molar-refractivity contribution in [2.75, 3.05) is 14.2 Å². The summed E-state index contributed by atoms with van der Waals surface area (Å²) in [6.45, 7) is 1.50. The van der Waals surface area contributed by atoms with Crippen LogP contribution in [0.2, 0.25) is 0 Å². The standard InChI is InChI=1S/C14H14N2O5/c1-9-14(16(17)18)12(15-21-9)7-5-10-4-6-11(19-2)8-13(10)20-3/h4-8H,1-3H3. The van der Waals surface area contributed by atoms with Gasteiger partial charge in [-0.2, -0.15) is 0 Å². The molecule has 2 aromatic rings. The molecule has 21 heavy (non-hydrogen) atoms. The van der Waals surface area contributed by atoms with E-state index >= 15 is 0 Å². The molecule has 1 aromatic carbocycles. The Balaban J connectivity index is 2.36. The molecule has 0 aliphatic carbocycles. The molecule has 0 unspecified atom stereocenters. The molecule has 0 spiro atoms. The molecule has 1 aromatic heterocycles. The van der Waals surface area contributed by atoms with Crippen LogP contribution in [-0.4, -0.2) is 24.3 Å². The van der Waals surface area contributed by atoms with Crippen LogP contribution in [0.15, 0.2) is 22.7 Å². The fraction of sp³-hybridized carbons (Fsp3) is 0.214. The van der Waals surface area contributed by atoms with Crippen molar-refractivity contribution in [1.29, 1.82) is 0 Å². The topological polar surface area (TPSA) is 87.6 Å². The van der Waals surface area contributed by atoms with Crippen molar-refractivity contribution in [2.24, 2.45) is 0 Å². The molecule has 0 bridgehead atoms. The van der Waals surface area contributed by atoms with Gasteiger partial charge in [0.25, 0.3) is 0 Å². The van der Waals surface area contributed by atoms with Crippen LogP contribution in [0.1, 0.15) is 17.0 Å². The molecule has 0 atom stereocenters. The summed E-state index contributed by atoms with van der Waals surface area (Å²) in [5.41, 5.74) is 0.766. The zero-order valence-electron chi connectivity index (χ0n) is 11.8. The average molecular weight is 290 g/mol. The maximum atomic E-state index is 11.0. The second kappa shape index (κ2) is 6.08. The minimum absolute atomic E-state index is 0.140. The summed E-state index contributed by atoms with van der Waals surface area (Å²) in [4.78, 5) is 10.4. The fourth-order valence-electron chi connectivity index (χ4n) is 1.84. The van der Waals surface area contributed by atoms with Crippen molar-refractivity contribution in [2.45, 2.75) is 6.92 Å². The van der Waals surface area contributed by atoms with Gasteiger partial charge in [-0.25, -0.2) is 0 Å². The molecule has 7 heteroatoms. The van der Waals surface area contributed by atoms with Crippen LogP contribution >= 0.6 is 0 Å². The first-order valence-electron chi connectivity index (χ1n) is 6.07. The normalized spacial score (nSPS) is 10.8. The Kier molecular flexibility index (Phi) is 4.22. The van der Waals surface area contributed by atoms with Crippen molar-refractivity contribution in [3.8, 4) is 11.5 Å². The van der Waals surface area contributed by atoms with Crippen molar-refractivity contribution >= 4 is 17.8 Å². The number of rotatable bonds is 5. The molecule has 0 aliphatic heterocycles. The van der Waals surface area contributed by atoms with Crippen LogP contribution in [0.25, 0.3) is 12.2 Å². The Morgan fingerprint density at radius 2 is 2.05 bits per heavy atom. The maximum absolute atomic E-state index is 11.0. The number of methoxy groups -OCH3 is 2. The molecule has 0 aliphatic rings. The van der Waals surface area contributed by atoms with Gasteiger partial charge in [0.2, 0.25) is 5.76 Å². The minimum Gasteiger partial charge on any atom is -0.497 e. The van der Waals surface area contributed by atoms with Gasteiger partial charge in [-0.05, 0) is 24.3 Å². The van der Waals surface area contributed by atoms with Gasteiger partial charge in [0, 0.05) is 18.6 Å². The summed E-state index contributed by atoms with van der Waals surface area (Å²) in [7, 11) is 3.10. The maximum Gasteiger partial charge on any atom is 0.338 e. The van der Waals surface area contributed by atoms with Crippen molar-refractivity contribution in [1.82, 2.24) is 5.16 Å². The lowest BCUT2D eigenvalue weighted by Crippen LogP contribution is -1.91. The third kappa shape index (κ3) is 3.02. The van der Waals surface area contributed by atoms with Gasteiger partial charge in [0.1, 0.15) is 11.5 Å². The lowest BCUT2D eigenvalue weighted by molar-refractivity contribution is -0.386. The largest absolute Gasteiger partial charge is 0.497 e. The number of ether oxygens (including phenoxy) is 2. The van der Waals surface area contributed by atoms with E-state index in [0.717, 1.165) is 5.56 Å². The molecule has 0 radical (unpaired) electrons. The van der Waals surface area contributed by atoms with Crippen LogP contribution in [0.4, 0.5) is 5.69 Å². The first kappa shape index (κ1) is 14.6. The Morgan fingerprint density at radius 3 is 2.67 bits per heavy atom. The highest BCUT2D eigenvalue weighted by Crippen LogP contribution is 2.28. The van der Waals surface area contributed by atoms with Crippen LogP contribution < -0.4 is 9.47 Å². The molecule has 0 saturated carbocycles.